The fourth-order valence-corrected chi connectivity index (χ4v) is 1.99. The van der Waals surface area contributed by atoms with E-state index in [1.165, 1.54) is 31.2 Å². The van der Waals surface area contributed by atoms with Gasteiger partial charge in [0.05, 0.1) is 6.61 Å². The number of rotatable bonds is 5. The van der Waals surface area contributed by atoms with Crippen LogP contribution in [0.3, 0.4) is 0 Å². The van der Waals surface area contributed by atoms with E-state index in [4.69, 9.17) is 0 Å². The molecule has 0 aromatic heterocycles. The molecular formula is C12H11F3O3S. The van der Waals surface area contributed by atoms with Crippen LogP contribution in [0.15, 0.2) is 30.3 Å². The highest BCUT2D eigenvalue weighted by molar-refractivity contribution is 8.02. The van der Waals surface area contributed by atoms with Gasteiger partial charge in [0.25, 0.3) is 0 Å². The Labute approximate surface area is 112 Å². The second-order valence-electron chi connectivity index (χ2n) is 3.43. The minimum absolute atomic E-state index is 0.0392. The largest absolute Gasteiger partial charge is 0.465 e. The smallest absolute Gasteiger partial charge is 0.443 e. The number of carbonyl (C=O) groups is 2. The Hall–Kier alpha value is -1.50. The molecule has 0 heterocycles. The molecule has 1 aromatic rings. The molecule has 19 heavy (non-hydrogen) atoms. The molecule has 1 aromatic carbocycles. The molecule has 0 saturated heterocycles. The second kappa shape index (κ2) is 6.60. The number of thioether (sulfide) groups is 1. The summed E-state index contributed by atoms with van der Waals surface area (Å²) in [6, 6.07) is 7.34. The summed E-state index contributed by atoms with van der Waals surface area (Å²) >= 11 is -0.671. The molecule has 0 saturated carbocycles. The Morgan fingerprint density at radius 2 is 1.84 bits per heavy atom. The van der Waals surface area contributed by atoms with Gasteiger partial charge in [-0.2, -0.15) is 13.2 Å². The number of esters is 1. The van der Waals surface area contributed by atoms with Gasteiger partial charge in [0.15, 0.2) is 11.0 Å². The standard InChI is InChI=1S/C12H11F3O3S/c1-2-18-11(17)10(19-12(13,14)15)9(16)8-6-4-3-5-7-8/h3-7,10H,2H2,1H3. The van der Waals surface area contributed by atoms with Crippen molar-refractivity contribution >= 4 is 23.5 Å². The summed E-state index contributed by atoms with van der Waals surface area (Å²) in [4.78, 5) is 23.4. The lowest BCUT2D eigenvalue weighted by atomic mass is 10.1. The first-order valence-electron chi connectivity index (χ1n) is 5.35. The summed E-state index contributed by atoms with van der Waals surface area (Å²) in [5.41, 5.74) is -4.65. The Balaban J connectivity index is 2.96. The molecule has 1 rings (SSSR count). The van der Waals surface area contributed by atoms with Crippen molar-refractivity contribution in [1.82, 2.24) is 0 Å². The van der Waals surface area contributed by atoms with Crippen molar-refractivity contribution in [2.75, 3.05) is 6.61 Å². The van der Waals surface area contributed by atoms with Crippen molar-refractivity contribution in [1.29, 1.82) is 0 Å². The molecular weight excluding hydrogens is 281 g/mol. The van der Waals surface area contributed by atoms with Crippen molar-refractivity contribution in [3.8, 4) is 0 Å². The summed E-state index contributed by atoms with van der Waals surface area (Å²) < 4.78 is 41.7. The first-order valence-corrected chi connectivity index (χ1v) is 6.23. The number of alkyl halides is 3. The van der Waals surface area contributed by atoms with Crippen LogP contribution >= 0.6 is 11.8 Å². The molecule has 7 heteroatoms. The van der Waals surface area contributed by atoms with Crippen LogP contribution in [0, 0.1) is 0 Å². The zero-order valence-electron chi connectivity index (χ0n) is 9.94. The summed E-state index contributed by atoms with van der Waals surface area (Å²) in [5.74, 6) is -2.10. The van der Waals surface area contributed by atoms with Crippen LogP contribution in [-0.2, 0) is 9.53 Å². The van der Waals surface area contributed by atoms with Crippen molar-refractivity contribution in [2.45, 2.75) is 17.7 Å². The first kappa shape index (κ1) is 15.6. The van der Waals surface area contributed by atoms with E-state index in [0.29, 0.717) is 0 Å². The highest BCUT2D eigenvalue weighted by Crippen LogP contribution is 2.35. The lowest BCUT2D eigenvalue weighted by Gasteiger charge is -2.15. The number of hydrogen-bond acceptors (Lipinski definition) is 4. The van der Waals surface area contributed by atoms with Crippen LogP contribution < -0.4 is 0 Å². The van der Waals surface area contributed by atoms with E-state index in [1.807, 2.05) is 0 Å². The lowest BCUT2D eigenvalue weighted by Crippen LogP contribution is -2.32. The van der Waals surface area contributed by atoms with Crippen molar-refractivity contribution < 1.29 is 27.5 Å². The van der Waals surface area contributed by atoms with Crippen molar-refractivity contribution in [2.24, 2.45) is 0 Å². The molecule has 104 valence electrons. The average molecular weight is 292 g/mol. The Morgan fingerprint density at radius 3 is 2.32 bits per heavy atom. The van der Waals surface area contributed by atoms with Crippen LogP contribution in [0.2, 0.25) is 0 Å². The molecule has 0 bridgehead atoms. The first-order chi connectivity index (χ1) is 8.85. The van der Waals surface area contributed by atoms with E-state index in [-0.39, 0.29) is 12.2 Å². The van der Waals surface area contributed by atoms with Crippen molar-refractivity contribution in [3.63, 3.8) is 0 Å². The highest BCUT2D eigenvalue weighted by Gasteiger charge is 2.41. The van der Waals surface area contributed by atoms with Gasteiger partial charge in [-0.25, -0.2) is 0 Å². The molecule has 0 aliphatic heterocycles. The number of Topliss-reactive ketones (excluding diaryl/α,β-unsaturated/α-hetero) is 1. The minimum atomic E-state index is -4.69. The van der Waals surface area contributed by atoms with Gasteiger partial charge in [-0.05, 0) is 18.7 Å². The number of halogens is 3. The number of ether oxygens (including phenoxy) is 1. The number of benzene rings is 1. The summed E-state index contributed by atoms with van der Waals surface area (Å²) in [6.45, 7) is 1.37. The molecule has 1 unspecified atom stereocenters. The van der Waals surface area contributed by atoms with Crippen LogP contribution in [0.4, 0.5) is 13.2 Å². The van der Waals surface area contributed by atoms with Crippen LogP contribution in [-0.4, -0.2) is 29.1 Å². The molecule has 3 nitrogen and oxygen atoms in total. The molecule has 0 N–H and O–H groups in total. The predicted octanol–water partition coefficient (Wildman–Crippen LogP) is 3.05. The number of hydrogen-bond donors (Lipinski definition) is 0. The van der Waals surface area contributed by atoms with Crippen LogP contribution in [0.1, 0.15) is 17.3 Å². The van der Waals surface area contributed by atoms with Gasteiger partial charge in [0.1, 0.15) is 0 Å². The molecule has 0 aliphatic carbocycles. The SMILES string of the molecule is CCOC(=O)C(SC(F)(F)F)C(=O)c1ccccc1. The maximum atomic E-state index is 12.4. The zero-order valence-corrected chi connectivity index (χ0v) is 10.8. The van der Waals surface area contributed by atoms with Gasteiger partial charge in [-0.15, -0.1) is 0 Å². The lowest BCUT2D eigenvalue weighted by molar-refractivity contribution is -0.141. The molecule has 0 aliphatic rings. The van der Waals surface area contributed by atoms with E-state index in [2.05, 4.69) is 4.74 Å². The van der Waals surface area contributed by atoms with E-state index in [9.17, 15) is 22.8 Å². The second-order valence-corrected chi connectivity index (χ2v) is 4.60. The van der Waals surface area contributed by atoms with Gasteiger partial charge in [0.2, 0.25) is 0 Å². The monoisotopic (exact) mass is 292 g/mol. The average Bonchev–Trinajstić information content (AvgIpc) is 2.35. The molecule has 0 radical (unpaired) electrons. The van der Waals surface area contributed by atoms with Crippen molar-refractivity contribution in [3.05, 3.63) is 35.9 Å². The van der Waals surface area contributed by atoms with E-state index < -0.39 is 34.3 Å². The maximum absolute atomic E-state index is 12.4. The third-order valence-corrected chi connectivity index (χ3v) is 2.96. The normalized spacial score (nSPS) is 12.8. The van der Waals surface area contributed by atoms with Gasteiger partial charge in [-0.3, -0.25) is 9.59 Å². The number of carbonyl (C=O) groups excluding carboxylic acids is 2. The third kappa shape index (κ3) is 4.94. The molecule has 0 amide bonds. The summed E-state index contributed by atoms with van der Waals surface area (Å²) in [6.07, 6.45) is 0. The zero-order chi connectivity index (χ0) is 14.5. The van der Waals surface area contributed by atoms with E-state index in [1.54, 1.807) is 6.07 Å². The third-order valence-electron chi connectivity index (χ3n) is 2.05. The summed E-state index contributed by atoms with van der Waals surface area (Å²) in [5, 5.41) is -1.93. The maximum Gasteiger partial charge on any atom is 0.443 e. The quantitative estimate of drug-likeness (QED) is 0.475. The minimum Gasteiger partial charge on any atom is -0.465 e. The Bertz CT molecular complexity index is 445. The predicted molar refractivity (Wildman–Crippen MR) is 64.8 cm³/mol. The van der Waals surface area contributed by atoms with Crippen LogP contribution in [0.25, 0.3) is 0 Å². The fourth-order valence-electron chi connectivity index (χ4n) is 1.31. The van der Waals surface area contributed by atoms with Gasteiger partial charge in [-0.1, -0.05) is 30.3 Å². The van der Waals surface area contributed by atoms with Gasteiger partial charge in [0, 0.05) is 5.56 Å². The molecule has 0 spiro atoms. The fraction of sp³-hybridized carbons (Fsp3) is 0.333. The van der Waals surface area contributed by atoms with E-state index >= 15 is 0 Å². The Morgan fingerprint density at radius 1 is 1.26 bits per heavy atom. The Kier molecular flexibility index (Phi) is 5.41. The topological polar surface area (TPSA) is 43.4 Å². The van der Waals surface area contributed by atoms with Crippen LogP contribution in [0.5, 0.6) is 0 Å². The summed E-state index contributed by atoms with van der Waals surface area (Å²) in [7, 11) is 0. The number of ketones is 1. The van der Waals surface area contributed by atoms with Gasteiger partial charge < -0.3 is 4.74 Å². The molecule has 1 atom stereocenters. The highest BCUT2D eigenvalue weighted by atomic mass is 32.2. The van der Waals surface area contributed by atoms with E-state index in [0.717, 1.165) is 0 Å². The molecule has 0 fully saturated rings. The van der Waals surface area contributed by atoms with Gasteiger partial charge >= 0.3 is 11.5 Å².